The van der Waals surface area contributed by atoms with Crippen molar-refractivity contribution in [3.8, 4) is 5.75 Å². The first kappa shape index (κ1) is 25.8. The first-order valence-corrected chi connectivity index (χ1v) is 12.8. The maximum Gasteiger partial charge on any atom is 0.289 e. The van der Waals surface area contributed by atoms with Gasteiger partial charge in [-0.3, -0.25) is 14.6 Å². The lowest BCUT2D eigenvalue weighted by Gasteiger charge is -2.40. The Bertz CT molecular complexity index is 1180. The van der Waals surface area contributed by atoms with E-state index >= 15 is 0 Å². The van der Waals surface area contributed by atoms with E-state index < -0.39 is 0 Å². The lowest BCUT2D eigenvalue weighted by molar-refractivity contribution is -0.126. The molecule has 36 heavy (non-hydrogen) atoms. The smallest absolute Gasteiger partial charge is 0.289 e. The number of nitrogens with one attached hydrogen (secondary N) is 1. The third-order valence-corrected chi connectivity index (χ3v) is 6.51. The Kier molecular flexibility index (Phi) is 8.31. The largest absolute Gasteiger partial charge is 0.493 e. The van der Waals surface area contributed by atoms with Gasteiger partial charge in [0.15, 0.2) is 5.84 Å². The van der Waals surface area contributed by atoms with Gasteiger partial charge in [0.05, 0.1) is 6.61 Å². The Morgan fingerprint density at radius 1 is 1.14 bits per heavy atom. The van der Waals surface area contributed by atoms with Gasteiger partial charge in [-0.25, -0.2) is 0 Å². The number of aliphatic imine (C=N–C) groups is 1. The van der Waals surface area contributed by atoms with Crippen molar-refractivity contribution in [3.05, 3.63) is 70.9 Å². The molecule has 190 valence electrons. The summed E-state index contributed by atoms with van der Waals surface area (Å²) < 4.78 is 5.78. The van der Waals surface area contributed by atoms with Crippen LogP contribution in [0.2, 0.25) is 5.02 Å². The van der Waals surface area contributed by atoms with Gasteiger partial charge in [-0.2, -0.15) is 0 Å². The predicted molar refractivity (Wildman–Crippen MR) is 143 cm³/mol. The molecule has 1 N–H and O–H groups in total. The summed E-state index contributed by atoms with van der Waals surface area (Å²) in [5, 5.41) is 3.78. The molecule has 2 aromatic rings. The van der Waals surface area contributed by atoms with Gasteiger partial charge in [-0.1, -0.05) is 43.6 Å². The molecule has 1 saturated heterocycles. The molecule has 0 bridgehead atoms. The van der Waals surface area contributed by atoms with Crippen LogP contribution in [-0.2, 0) is 4.79 Å². The van der Waals surface area contributed by atoms with Crippen LogP contribution in [-0.4, -0.2) is 66.3 Å². The van der Waals surface area contributed by atoms with Crippen LogP contribution in [0.25, 0.3) is 5.57 Å². The Labute approximate surface area is 217 Å². The average molecular weight is 509 g/mol. The van der Waals surface area contributed by atoms with Gasteiger partial charge >= 0.3 is 0 Å². The number of rotatable bonds is 6. The monoisotopic (exact) mass is 508 g/mol. The number of ether oxygens (including phenoxy) is 1. The number of halogens is 1. The van der Waals surface area contributed by atoms with E-state index in [4.69, 9.17) is 16.3 Å². The summed E-state index contributed by atoms with van der Waals surface area (Å²) in [6.45, 7) is 8.60. The molecular weight excluding hydrogens is 476 g/mol. The van der Waals surface area contributed by atoms with Crippen LogP contribution in [0.15, 0.2) is 59.7 Å². The number of amides is 2. The SMILES string of the molecule is CC(C)COc1cccc(C(=O)N2CCN(C(=O)C3=NCCC(c4cccc(Cl)c4)=CN3)CC2C)c1. The molecule has 2 aliphatic rings. The van der Waals surface area contributed by atoms with Gasteiger partial charge in [0.2, 0.25) is 0 Å². The Morgan fingerprint density at radius 3 is 2.69 bits per heavy atom. The van der Waals surface area contributed by atoms with Crippen molar-refractivity contribution in [2.75, 3.05) is 32.8 Å². The summed E-state index contributed by atoms with van der Waals surface area (Å²) in [6, 6.07) is 14.8. The van der Waals surface area contributed by atoms with Gasteiger partial charge in [-0.15, -0.1) is 0 Å². The van der Waals surface area contributed by atoms with E-state index in [0.717, 1.165) is 11.1 Å². The summed E-state index contributed by atoms with van der Waals surface area (Å²) in [6.07, 6.45) is 2.55. The van der Waals surface area contributed by atoms with Crippen molar-refractivity contribution < 1.29 is 14.3 Å². The lowest BCUT2D eigenvalue weighted by Crippen LogP contribution is -2.57. The number of hydrogen-bond donors (Lipinski definition) is 1. The second kappa shape index (κ2) is 11.6. The van der Waals surface area contributed by atoms with E-state index in [1.165, 1.54) is 0 Å². The fraction of sp³-hybridized carbons (Fsp3) is 0.393. The zero-order chi connectivity index (χ0) is 25.7. The number of piperazine rings is 1. The molecule has 8 heteroatoms. The number of benzene rings is 2. The van der Waals surface area contributed by atoms with Gasteiger partial charge in [0.25, 0.3) is 11.8 Å². The van der Waals surface area contributed by atoms with Crippen LogP contribution in [0.4, 0.5) is 0 Å². The fourth-order valence-electron chi connectivity index (χ4n) is 4.35. The van der Waals surface area contributed by atoms with Crippen LogP contribution < -0.4 is 10.1 Å². The highest BCUT2D eigenvalue weighted by Gasteiger charge is 2.32. The quantitative estimate of drug-likeness (QED) is 0.624. The number of hydrogen-bond acceptors (Lipinski definition) is 5. The molecule has 4 rings (SSSR count). The Morgan fingerprint density at radius 2 is 1.94 bits per heavy atom. The Balaban J connectivity index is 1.37. The summed E-state index contributed by atoms with van der Waals surface area (Å²) in [4.78, 5) is 34.5. The second-order valence-corrected chi connectivity index (χ2v) is 10.1. The van der Waals surface area contributed by atoms with Crippen molar-refractivity contribution in [2.45, 2.75) is 33.2 Å². The predicted octanol–water partition coefficient (Wildman–Crippen LogP) is 4.48. The Hall–Kier alpha value is -3.32. The van der Waals surface area contributed by atoms with E-state index in [2.05, 4.69) is 24.2 Å². The van der Waals surface area contributed by atoms with Crippen LogP contribution in [0.1, 0.15) is 43.1 Å². The van der Waals surface area contributed by atoms with Crippen molar-refractivity contribution in [1.82, 2.24) is 15.1 Å². The number of nitrogens with zero attached hydrogens (tertiary/aromatic N) is 3. The number of carbonyl (C=O) groups is 2. The van der Waals surface area contributed by atoms with Crippen LogP contribution in [0, 0.1) is 5.92 Å². The molecule has 1 atom stereocenters. The molecule has 0 saturated carbocycles. The molecule has 0 radical (unpaired) electrons. The maximum absolute atomic E-state index is 13.2. The molecule has 2 aliphatic heterocycles. The van der Waals surface area contributed by atoms with Gasteiger partial charge < -0.3 is 19.9 Å². The summed E-state index contributed by atoms with van der Waals surface area (Å²) in [5.74, 6) is 1.22. The van der Waals surface area contributed by atoms with E-state index in [9.17, 15) is 9.59 Å². The molecule has 2 amide bonds. The van der Waals surface area contributed by atoms with Crippen molar-refractivity contribution in [3.63, 3.8) is 0 Å². The topological polar surface area (TPSA) is 74.2 Å². The highest BCUT2D eigenvalue weighted by Crippen LogP contribution is 2.23. The minimum atomic E-state index is -0.151. The van der Waals surface area contributed by atoms with Gasteiger partial charge in [0, 0.05) is 49.0 Å². The zero-order valence-corrected chi connectivity index (χ0v) is 21.8. The number of carbonyl (C=O) groups excluding carboxylic acids is 2. The highest BCUT2D eigenvalue weighted by molar-refractivity contribution is 6.38. The van der Waals surface area contributed by atoms with Gasteiger partial charge in [0.1, 0.15) is 5.75 Å². The second-order valence-electron chi connectivity index (χ2n) is 9.64. The maximum atomic E-state index is 13.2. The molecule has 0 aromatic heterocycles. The van der Waals surface area contributed by atoms with E-state index in [0.29, 0.717) is 67.3 Å². The van der Waals surface area contributed by atoms with Crippen molar-refractivity contribution in [2.24, 2.45) is 10.9 Å². The molecule has 1 unspecified atom stereocenters. The standard InChI is InChI=1S/C28H33ClN4O3/c1-19(2)18-36-25-9-5-7-22(15-25)27(34)33-13-12-32(17-20(33)3)28(35)26-30-11-10-23(16-31-26)21-6-4-8-24(29)14-21/h4-9,14-16,19-20H,10-13,17-18H2,1-3H3,(H,30,31). The first-order valence-electron chi connectivity index (χ1n) is 12.4. The average Bonchev–Trinajstić information content (AvgIpc) is 3.13. The summed E-state index contributed by atoms with van der Waals surface area (Å²) in [5.41, 5.74) is 2.65. The molecule has 7 nitrogen and oxygen atoms in total. The molecule has 0 aliphatic carbocycles. The minimum Gasteiger partial charge on any atom is -0.493 e. The van der Waals surface area contributed by atoms with Crippen molar-refractivity contribution >= 4 is 34.8 Å². The normalized spacial score (nSPS) is 18.2. The molecular formula is C28H33ClN4O3. The third kappa shape index (κ3) is 6.26. The van der Waals surface area contributed by atoms with E-state index in [1.807, 2.05) is 60.5 Å². The molecule has 2 aromatic carbocycles. The van der Waals surface area contributed by atoms with Crippen LogP contribution in [0.5, 0.6) is 5.75 Å². The summed E-state index contributed by atoms with van der Waals surface area (Å²) in [7, 11) is 0. The number of amidine groups is 1. The zero-order valence-electron chi connectivity index (χ0n) is 21.0. The first-order chi connectivity index (χ1) is 17.3. The third-order valence-electron chi connectivity index (χ3n) is 6.27. The van der Waals surface area contributed by atoms with Crippen LogP contribution in [0.3, 0.4) is 0 Å². The van der Waals surface area contributed by atoms with Crippen LogP contribution >= 0.6 is 11.6 Å². The summed E-state index contributed by atoms with van der Waals surface area (Å²) >= 11 is 6.13. The highest BCUT2D eigenvalue weighted by atomic mass is 35.5. The molecule has 2 heterocycles. The minimum absolute atomic E-state index is 0.0522. The molecule has 0 spiro atoms. The lowest BCUT2D eigenvalue weighted by atomic mass is 10.0. The van der Waals surface area contributed by atoms with E-state index in [1.54, 1.807) is 11.0 Å². The van der Waals surface area contributed by atoms with Crippen molar-refractivity contribution in [1.29, 1.82) is 0 Å². The van der Waals surface area contributed by atoms with Gasteiger partial charge in [-0.05, 0) is 60.7 Å². The van der Waals surface area contributed by atoms with E-state index in [-0.39, 0.29) is 17.9 Å². The molecule has 1 fully saturated rings. The fourth-order valence-corrected chi connectivity index (χ4v) is 4.54.